The van der Waals surface area contributed by atoms with E-state index < -0.39 is 11.6 Å². The zero-order chi connectivity index (χ0) is 19.2. The monoisotopic (exact) mass is 362 g/mol. The molecule has 1 heterocycles. The third-order valence-electron chi connectivity index (χ3n) is 5.66. The number of carbonyl (C=O) groups is 3. The van der Waals surface area contributed by atoms with E-state index >= 15 is 0 Å². The van der Waals surface area contributed by atoms with Crippen molar-refractivity contribution in [2.45, 2.75) is 38.6 Å². The van der Waals surface area contributed by atoms with Gasteiger partial charge in [0, 0.05) is 12.0 Å². The van der Waals surface area contributed by atoms with Crippen LogP contribution in [0.3, 0.4) is 0 Å². The summed E-state index contributed by atoms with van der Waals surface area (Å²) in [4.78, 5) is 39.4. The maximum Gasteiger partial charge on any atom is 0.325 e. The quantitative estimate of drug-likeness (QED) is 0.674. The van der Waals surface area contributed by atoms with Crippen LogP contribution in [0.1, 0.15) is 39.0 Å². The number of carbonyl (C=O) groups excluding carboxylic acids is 3. The predicted molar refractivity (Wildman–Crippen MR) is 102 cm³/mol. The molecule has 0 saturated carbocycles. The first-order chi connectivity index (χ1) is 12.9. The Labute approximate surface area is 158 Å². The van der Waals surface area contributed by atoms with Gasteiger partial charge in [-0.1, -0.05) is 48.0 Å². The van der Waals surface area contributed by atoms with Crippen LogP contribution < -0.4 is 5.32 Å². The molecule has 5 heteroatoms. The van der Waals surface area contributed by atoms with E-state index in [0.717, 1.165) is 28.0 Å². The highest BCUT2D eigenvalue weighted by molar-refractivity contribution is 6.11. The summed E-state index contributed by atoms with van der Waals surface area (Å²) in [5.41, 5.74) is 3.85. The number of urea groups is 1. The highest BCUT2D eigenvalue weighted by Gasteiger charge is 2.52. The van der Waals surface area contributed by atoms with Gasteiger partial charge in [-0.3, -0.25) is 14.5 Å². The first-order valence-electron chi connectivity index (χ1n) is 9.21. The molecule has 5 nitrogen and oxygen atoms in total. The van der Waals surface area contributed by atoms with Crippen molar-refractivity contribution in [3.05, 3.63) is 70.3 Å². The van der Waals surface area contributed by atoms with Gasteiger partial charge >= 0.3 is 6.03 Å². The average molecular weight is 362 g/mol. The number of imide groups is 1. The highest BCUT2D eigenvalue weighted by atomic mass is 16.2. The fraction of sp³-hybridized carbons (Fsp3) is 0.318. The van der Waals surface area contributed by atoms with Gasteiger partial charge in [0.15, 0.2) is 5.78 Å². The number of nitrogens with zero attached hydrogens (tertiary/aromatic N) is 1. The number of ketones is 1. The molecule has 2 aromatic rings. The van der Waals surface area contributed by atoms with Crippen LogP contribution in [0.25, 0.3) is 0 Å². The minimum atomic E-state index is -0.923. The Morgan fingerprint density at radius 1 is 1.11 bits per heavy atom. The number of amides is 3. The summed E-state index contributed by atoms with van der Waals surface area (Å²) in [5, 5.41) is 2.88. The Balaban J connectivity index is 1.56. The van der Waals surface area contributed by atoms with E-state index in [-0.39, 0.29) is 18.2 Å². The van der Waals surface area contributed by atoms with Gasteiger partial charge in [-0.2, -0.15) is 0 Å². The molecular weight excluding hydrogens is 340 g/mol. The lowest BCUT2D eigenvalue weighted by Crippen LogP contribution is -2.51. The summed E-state index contributed by atoms with van der Waals surface area (Å²) in [5.74, 6) is -0.510. The first kappa shape index (κ1) is 17.5. The van der Waals surface area contributed by atoms with Crippen LogP contribution in [0, 0.1) is 13.8 Å². The van der Waals surface area contributed by atoms with E-state index in [4.69, 9.17) is 0 Å². The van der Waals surface area contributed by atoms with Crippen molar-refractivity contribution in [2.24, 2.45) is 0 Å². The summed E-state index contributed by atoms with van der Waals surface area (Å²) >= 11 is 0. The topological polar surface area (TPSA) is 66.5 Å². The SMILES string of the molecule is Cc1ccc(C(=O)CN2C(=O)NC3(CCc4ccccc4C3)C2=O)c(C)c1. The average Bonchev–Trinajstić information content (AvgIpc) is 2.85. The van der Waals surface area contributed by atoms with Crippen LogP contribution in [0.4, 0.5) is 4.79 Å². The van der Waals surface area contributed by atoms with E-state index in [1.807, 2.05) is 44.2 Å². The Hall–Kier alpha value is -2.95. The van der Waals surface area contributed by atoms with Crippen molar-refractivity contribution in [1.82, 2.24) is 10.2 Å². The van der Waals surface area contributed by atoms with Crippen molar-refractivity contribution in [3.63, 3.8) is 0 Å². The fourth-order valence-corrected chi connectivity index (χ4v) is 4.20. The second kappa shape index (κ2) is 6.34. The van der Waals surface area contributed by atoms with E-state index in [0.29, 0.717) is 18.4 Å². The van der Waals surface area contributed by atoms with Crippen molar-refractivity contribution in [1.29, 1.82) is 0 Å². The van der Waals surface area contributed by atoms with Crippen LogP contribution in [0.15, 0.2) is 42.5 Å². The smallest absolute Gasteiger partial charge is 0.323 e. The molecule has 2 aromatic carbocycles. The lowest BCUT2D eigenvalue weighted by Gasteiger charge is -2.32. The standard InChI is InChI=1S/C22H22N2O3/c1-14-7-8-18(15(2)11-14)19(25)13-24-20(26)22(23-21(24)27)10-9-16-5-3-4-6-17(16)12-22/h3-8,11H,9-10,12-13H2,1-2H3,(H,23,27). The van der Waals surface area contributed by atoms with Gasteiger partial charge in [-0.25, -0.2) is 4.79 Å². The summed E-state index contributed by atoms with van der Waals surface area (Å²) in [7, 11) is 0. The van der Waals surface area contributed by atoms with Gasteiger partial charge < -0.3 is 5.32 Å². The Bertz CT molecular complexity index is 966. The first-order valence-corrected chi connectivity index (χ1v) is 9.21. The molecule has 1 aliphatic heterocycles. The fourth-order valence-electron chi connectivity index (χ4n) is 4.20. The predicted octanol–water partition coefficient (Wildman–Crippen LogP) is 2.97. The zero-order valence-electron chi connectivity index (χ0n) is 15.5. The maximum absolute atomic E-state index is 13.1. The van der Waals surface area contributed by atoms with E-state index in [1.165, 1.54) is 5.56 Å². The molecule has 0 radical (unpaired) electrons. The molecule has 1 atom stereocenters. The number of hydrogen-bond acceptors (Lipinski definition) is 3. The lowest BCUT2D eigenvalue weighted by molar-refractivity contribution is -0.131. The second-order valence-electron chi connectivity index (χ2n) is 7.59. The summed E-state index contributed by atoms with van der Waals surface area (Å²) in [6.45, 7) is 3.60. The second-order valence-corrected chi connectivity index (χ2v) is 7.59. The Morgan fingerprint density at radius 2 is 1.85 bits per heavy atom. The van der Waals surface area contributed by atoms with Crippen molar-refractivity contribution < 1.29 is 14.4 Å². The molecule has 0 bridgehead atoms. The summed E-state index contributed by atoms with van der Waals surface area (Å²) < 4.78 is 0. The van der Waals surface area contributed by atoms with E-state index in [1.54, 1.807) is 6.07 Å². The molecule has 1 spiro atoms. The normalized spacial score (nSPS) is 21.3. The van der Waals surface area contributed by atoms with E-state index in [9.17, 15) is 14.4 Å². The van der Waals surface area contributed by atoms with Crippen LogP contribution in [0.2, 0.25) is 0 Å². The molecule has 4 rings (SSSR count). The minimum absolute atomic E-state index is 0.218. The van der Waals surface area contributed by atoms with Crippen LogP contribution in [-0.2, 0) is 17.6 Å². The van der Waals surface area contributed by atoms with Gasteiger partial charge in [0.2, 0.25) is 0 Å². The minimum Gasteiger partial charge on any atom is -0.323 e. The molecule has 2 aliphatic rings. The number of hydrogen-bond donors (Lipinski definition) is 1. The third-order valence-corrected chi connectivity index (χ3v) is 5.66. The third kappa shape index (κ3) is 2.93. The summed E-state index contributed by atoms with van der Waals surface area (Å²) in [6, 6.07) is 13.1. The number of fused-ring (bicyclic) bond motifs is 1. The molecule has 1 N–H and O–H groups in total. The molecule has 0 aromatic heterocycles. The van der Waals surface area contributed by atoms with Gasteiger partial charge in [0.05, 0.1) is 6.54 Å². The van der Waals surface area contributed by atoms with Gasteiger partial charge in [-0.05, 0) is 43.4 Å². The van der Waals surface area contributed by atoms with Gasteiger partial charge in [0.25, 0.3) is 5.91 Å². The Kier molecular flexibility index (Phi) is 4.10. The molecule has 1 saturated heterocycles. The number of nitrogens with one attached hydrogen (secondary N) is 1. The molecule has 138 valence electrons. The molecule has 3 amide bonds. The van der Waals surface area contributed by atoms with Crippen LogP contribution >= 0.6 is 0 Å². The van der Waals surface area contributed by atoms with Crippen molar-refractivity contribution >= 4 is 17.7 Å². The number of rotatable bonds is 3. The van der Waals surface area contributed by atoms with E-state index in [2.05, 4.69) is 11.4 Å². The van der Waals surface area contributed by atoms with Gasteiger partial charge in [0.1, 0.15) is 5.54 Å². The molecule has 27 heavy (non-hydrogen) atoms. The van der Waals surface area contributed by atoms with Crippen LogP contribution in [0.5, 0.6) is 0 Å². The van der Waals surface area contributed by atoms with Crippen molar-refractivity contribution in [3.8, 4) is 0 Å². The molecule has 1 aliphatic carbocycles. The van der Waals surface area contributed by atoms with Crippen molar-refractivity contribution in [2.75, 3.05) is 6.54 Å². The molecular formula is C22H22N2O3. The maximum atomic E-state index is 13.1. The zero-order valence-corrected chi connectivity index (χ0v) is 15.5. The highest BCUT2D eigenvalue weighted by Crippen LogP contribution is 2.33. The van der Waals surface area contributed by atoms with Gasteiger partial charge in [-0.15, -0.1) is 0 Å². The lowest BCUT2D eigenvalue weighted by atomic mass is 9.78. The summed E-state index contributed by atoms with van der Waals surface area (Å²) in [6.07, 6.45) is 1.77. The molecule has 1 unspecified atom stereocenters. The Morgan fingerprint density at radius 3 is 2.59 bits per heavy atom. The molecule has 1 fully saturated rings. The number of Topliss-reactive ketones (excluding diaryl/α,β-unsaturated/α-hetero) is 1. The van der Waals surface area contributed by atoms with Crippen LogP contribution in [-0.4, -0.2) is 34.7 Å². The number of benzene rings is 2. The largest absolute Gasteiger partial charge is 0.325 e. The number of aryl methyl sites for hydroxylation is 3.